The van der Waals surface area contributed by atoms with Crippen LogP contribution in [0, 0.1) is 6.92 Å². The molecule has 2 N–H and O–H groups in total. The highest BCUT2D eigenvalue weighted by Crippen LogP contribution is 2.20. The number of halogens is 1. The molecule has 0 saturated heterocycles. The van der Waals surface area contributed by atoms with Crippen LogP contribution in [0.4, 0.5) is 10.5 Å². The van der Waals surface area contributed by atoms with E-state index in [-0.39, 0.29) is 5.91 Å². The van der Waals surface area contributed by atoms with Crippen molar-refractivity contribution < 1.29 is 14.3 Å². The lowest BCUT2D eigenvalue weighted by molar-refractivity contribution is -0.118. The van der Waals surface area contributed by atoms with Gasteiger partial charge in [-0.15, -0.1) is 0 Å². The summed E-state index contributed by atoms with van der Waals surface area (Å²) in [5.74, 6) is -0.300. The van der Waals surface area contributed by atoms with E-state index in [4.69, 9.17) is 0 Å². The first-order valence-electron chi connectivity index (χ1n) is 7.45. The number of benzene rings is 2. The number of anilines is 1. The van der Waals surface area contributed by atoms with Crippen molar-refractivity contribution in [3.63, 3.8) is 0 Å². The minimum Gasteiger partial charge on any atom is -0.453 e. The smallest absolute Gasteiger partial charge is 0.407 e. The molecule has 2 aromatic carbocycles. The summed E-state index contributed by atoms with van der Waals surface area (Å²) in [5, 5.41) is 5.41. The van der Waals surface area contributed by atoms with Gasteiger partial charge in [0.1, 0.15) is 6.04 Å². The van der Waals surface area contributed by atoms with Gasteiger partial charge in [0.25, 0.3) is 0 Å². The van der Waals surface area contributed by atoms with E-state index in [2.05, 4.69) is 31.3 Å². The van der Waals surface area contributed by atoms with Crippen LogP contribution in [0.25, 0.3) is 0 Å². The summed E-state index contributed by atoms with van der Waals surface area (Å²) in [6, 6.07) is 14.3. The number of carbonyl (C=O) groups is 2. The summed E-state index contributed by atoms with van der Waals surface area (Å²) in [5.41, 5.74) is 2.62. The maximum absolute atomic E-state index is 12.6. The molecule has 5 nitrogen and oxygen atoms in total. The Morgan fingerprint density at radius 3 is 2.50 bits per heavy atom. The Bertz CT molecular complexity index is 719. The standard InChI is InChI=1S/C18H19BrN2O3/c1-12-10-14(8-9-15(12)19)20-17(22)16(21-18(23)24-2)11-13-6-4-3-5-7-13/h3-10,16H,11H2,1-2H3,(H,20,22)(H,21,23). The molecule has 2 rings (SSSR count). The van der Waals surface area contributed by atoms with Gasteiger partial charge in [0.05, 0.1) is 7.11 Å². The largest absolute Gasteiger partial charge is 0.453 e. The minimum atomic E-state index is -0.733. The van der Waals surface area contributed by atoms with E-state index in [1.807, 2.05) is 49.4 Å². The minimum absolute atomic E-state index is 0.300. The van der Waals surface area contributed by atoms with Crippen molar-refractivity contribution in [1.82, 2.24) is 5.32 Å². The summed E-state index contributed by atoms with van der Waals surface area (Å²) in [7, 11) is 1.27. The molecule has 126 valence electrons. The van der Waals surface area contributed by atoms with Crippen LogP contribution in [0.15, 0.2) is 53.0 Å². The number of methoxy groups -OCH3 is 1. The molecule has 0 spiro atoms. The molecule has 0 aliphatic heterocycles. The molecule has 1 unspecified atom stereocenters. The lowest BCUT2D eigenvalue weighted by Crippen LogP contribution is -2.45. The third-order valence-electron chi connectivity index (χ3n) is 3.50. The zero-order valence-electron chi connectivity index (χ0n) is 13.5. The van der Waals surface area contributed by atoms with E-state index in [9.17, 15) is 9.59 Å². The van der Waals surface area contributed by atoms with E-state index < -0.39 is 12.1 Å². The number of hydrogen-bond acceptors (Lipinski definition) is 3. The second-order valence-electron chi connectivity index (χ2n) is 5.33. The van der Waals surface area contributed by atoms with Crippen molar-refractivity contribution in [2.45, 2.75) is 19.4 Å². The SMILES string of the molecule is COC(=O)NC(Cc1ccccc1)C(=O)Nc1ccc(Br)c(C)c1. The molecule has 0 bridgehead atoms. The number of amides is 2. The molecule has 2 aromatic rings. The molecule has 0 heterocycles. The van der Waals surface area contributed by atoms with Crippen molar-refractivity contribution in [3.05, 3.63) is 64.1 Å². The Labute approximate surface area is 149 Å². The fourth-order valence-electron chi connectivity index (χ4n) is 2.21. The average Bonchev–Trinajstić information content (AvgIpc) is 2.58. The summed E-state index contributed by atoms with van der Waals surface area (Å²) in [6.45, 7) is 1.94. The lowest BCUT2D eigenvalue weighted by Gasteiger charge is -2.18. The highest BCUT2D eigenvalue weighted by atomic mass is 79.9. The summed E-state index contributed by atoms with van der Waals surface area (Å²) in [4.78, 5) is 24.1. The Hall–Kier alpha value is -2.34. The van der Waals surface area contributed by atoms with E-state index in [1.165, 1.54) is 7.11 Å². The second kappa shape index (κ2) is 8.49. The zero-order valence-corrected chi connectivity index (χ0v) is 15.1. The van der Waals surface area contributed by atoms with Gasteiger partial charge in [-0.25, -0.2) is 4.79 Å². The van der Waals surface area contributed by atoms with Gasteiger partial charge >= 0.3 is 6.09 Å². The topological polar surface area (TPSA) is 67.4 Å². The maximum atomic E-state index is 12.6. The quantitative estimate of drug-likeness (QED) is 0.818. The number of alkyl carbamates (subject to hydrolysis) is 1. The van der Waals surface area contributed by atoms with Gasteiger partial charge < -0.3 is 15.4 Å². The van der Waals surface area contributed by atoms with Crippen LogP contribution in [-0.2, 0) is 16.0 Å². The molecule has 0 fully saturated rings. The first-order chi connectivity index (χ1) is 11.5. The molecule has 0 aliphatic rings. The number of rotatable bonds is 5. The Kier molecular flexibility index (Phi) is 6.37. The highest BCUT2D eigenvalue weighted by Gasteiger charge is 2.22. The third-order valence-corrected chi connectivity index (χ3v) is 4.39. The van der Waals surface area contributed by atoms with Gasteiger partial charge in [0.2, 0.25) is 5.91 Å². The third kappa shape index (κ3) is 5.09. The fraction of sp³-hybridized carbons (Fsp3) is 0.222. The van der Waals surface area contributed by atoms with Gasteiger partial charge in [-0.05, 0) is 36.2 Å². The van der Waals surface area contributed by atoms with Crippen LogP contribution in [-0.4, -0.2) is 25.2 Å². The van der Waals surface area contributed by atoms with E-state index in [0.717, 1.165) is 15.6 Å². The van der Waals surface area contributed by atoms with Gasteiger partial charge in [-0.1, -0.05) is 46.3 Å². The molecule has 0 aromatic heterocycles. The Balaban J connectivity index is 2.13. The number of hydrogen-bond donors (Lipinski definition) is 2. The van der Waals surface area contributed by atoms with Gasteiger partial charge in [0.15, 0.2) is 0 Å². The van der Waals surface area contributed by atoms with Crippen LogP contribution in [0.2, 0.25) is 0 Å². The Morgan fingerprint density at radius 1 is 1.17 bits per heavy atom. The van der Waals surface area contributed by atoms with Crippen molar-refractivity contribution in [1.29, 1.82) is 0 Å². The van der Waals surface area contributed by atoms with Crippen molar-refractivity contribution in [2.24, 2.45) is 0 Å². The molecule has 2 amide bonds. The molecular formula is C18H19BrN2O3. The molecule has 6 heteroatoms. The lowest BCUT2D eigenvalue weighted by atomic mass is 10.1. The molecule has 0 saturated carbocycles. The molecule has 0 aliphatic carbocycles. The number of nitrogens with one attached hydrogen (secondary N) is 2. The van der Waals surface area contributed by atoms with E-state index >= 15 is 0 Å². The van der Waals surface area contributed by atoms with Crippen LogP contribution in [0.3, 0.4) is 0 Å². The molecular weight excluding hydrogens is 372 g/mol. The number of ether oxygens (including phenoxy) is 1. The van der Waals surface area contributed by atoms with Crippen LogP contribution in [0.5, 0.6) is 0 Å². The predicted molar refractivity (Wildman–Crippen MR) is 97.0 cm³/mol. The molecule has 24 heavy (non-hydrogen) atoms. The second-order valence-corrected chi connectivity index (χ2v) is 6.19. The first-order valence-corrected chi connectivity index (χ1v) is 8.24. The summed E-state index contributed by atoms with van der Waals surface area (Å²) < 4.78 is 5.58. The zero-order chi connectivity index (χ0) is 17.5. The van der Waals surface area contributed by atoms with Crippen LogP contribution < -0.4 is 10.6 Å². The fourth-order valence-corrected chi connectivity index (χ4v) is 2.46. The van der Waals surface area contributed by atoms with Crippen LogP contribution in [0.1, 0.15) is 11.1 Å². The molecule has 1 atom stereocenters. The summed E-state index contributed by atoms with van der Waals surface area (Å²) >= 11 is 3.42. The van der Waals surface area contributed by atoms with Gasteiger partial charge in [-0.3, -0.25) is 4.79 Å². The van der Waals surface area contributed by atoms with E-state index in [1.54, 1.807) is 6.07 Å². The van der Waals surface area contributed by atoms with Crippen molar-refractivity contribution in [2.75, 3.05) is 12.4 Å². The first kappa shape index (κ1) is 18.0. The summed E-state index contributed by atoms with van der Waals surface area (Å²) in [6.07, 6.45) is -0.268. The monoisotopic (exact) mass is 390 g/mol. The predicted octanol–water partition coefficient (Wildman–Crippen LogP) is 3.66. The average molecular weight is 391 g/mol. The highest BCUT2D eigenvalue weighted by molar-refractivity contribution is 9.10. The van der Waals surface area contributed by atoms with Gasteiger partial charge in [0, 0.05) is 16.6 Å². The van der Waals surface area contributed by atoms with Crippen molar-refractivity contribution >= 4 is 33.6 Å². The van der Waals surface area contributed by atoms with Gasteiger partial charge in [-0.2, -0.15) is 0 Å². The Morgan fingerprint density at radius 2 is 1.88 bits per heavy atom. The van der Waals surface area contributed by atoms with Crippen molar-refractivity contribution in [3.8, 4) is 0 Å². The van der Waals surface area contributed by atoms with Crippen LogP contribution >= 0.6 is 15.9 Å². The number of aryl methyl sites for hydroxylation is 1. The maximum Gasteiger partial charge on any atom is 0.407 e. The van der Waals surface area contributed by atoms with E-state index in [0.29, 0.717) is 12.1 Å². The molecule has 0 radical (unpaired) electrons. The number of carbonyl (C=O) groups excluding carboxylic acids is 2. The normalized spacial score (nSPS) is 11.5.